The molecule has 1 amide bonds. The van der Waals surface area contributed by atoms with Crippen LogP contribution in [0.3, 0.4) is 0 Å². The van der Waals surface area contributed by atoms with Crippen molar-refractivity contribution in [1.82, 2.24) is 15.2 Å². The zero-order chi connectivity index (χ0) is 22.5. The molecule has 1 aliphatic rings. The Kier molecular flexibility index (Phi) is 6.85. The van der Waals surface area contributed by atoms with Crippen LogP contribution in [0.1, 0.15) is 23.6 Å². The van der Waals surface area contributed by atoms with Gasteiger partial charge in [-0.3, -0.25) is 0 Å². The van der Waals surface area contributed by atoms with E-state index in [2.05, 4.69) is 41.4 Å². The fourth-order valence-electron chi connectivity index (χ4n) is 3.99. The number of hydrogen-bond acceptors (Lipinski definition) is 5. The number of anilines is 1. The van der Waals surface area contributed by atoms with Crippen molar-refractivity contribution in [2.24, 2.45) is 0 Å². The minimum atomic E-state index is -0.254. The molecule has 4 rings (SSSR count). The second kappa shape index (κ2) is 9.96. The van der Waals surface area contributed by atoms with Gasteiger partial charge in [0, 0.05) is 50.2 Å². The summed E-state index contributed by atoms with van der Waals surface area (Å²) in [4.78, 5) is 21.0. The average Bonchev–Trinajstić information content (AvgIpc) is 2.80. The number of aryl methyl sites for hydroxylation is 1. The molecule has 1 aromatic heterocycles. The number of carbonyl (C=O) groups is 1. The molecule has 2 heterocycles. The highest BCUT2D eigenvalue weighted by atomic mass is 19.1. The summed E-state index contributed by atoms with van der Waals surface area (Å²) < 4.78 is 18.3. The Morgan fingerprint density at radius 1 is 1.06 bits per heavy atom. The van der Waals surface area contributed by atoms with Gasteiger partial charge < -0.3 is 19.9 Å². The van der Waals surface area contributed by atoms with Crippen molar-refractivity contribution in [3.8, 4) is 0 Å². The van der Waals surface area contributed by atoms with E-state index in [1.807, 2.05) is 6.92 Å². The van der Waals surface area contributed by atoms with Crippen LogP contribution in [0.4, 0.5) is 15.0 Å². The number of piperazine rings is 1. The maximum atomic E-state index is 13.2. The molecule has 1 N–H and O–H groups in total. The molecule has 0 atom stereocenters. The minimum Gasteiger partial charge on any atom is -0.450 e. The molecule has 0 unspecified atom stereocenters. The van der Waals surface area contributed by atoms with Gasteiger partial charge in [0.05, 0.1) is 12.1 Å². The van der Waals surface area contributed by atoms with Gasteiger partial charge in [-0.15, -0.1) is 0 Å². The number of hydrogen-bond donors (Lipinski definition) is 1. The summed E-state index contributed by atoms with van der Waals surface area (Å²) in [7, 11) is 0. The molecule has 168 valence electrons. The number of aromatic nitrogens is 1. The van der Waals surface area contributed by atoms with Crippen LogP contribution in [0.25, 0.3) is 10.9 Å². The lowest BCUT2D eigenvalue weighted by molar-refractivity contribution is 0.105. The Bertz CT molecular complexity index is 1080. The summed E-state index contributed by atoms with van der Waals surface area (Å²) in [6.45, 7) is 8.18. The van der Waals surface area contributed by atoms with Gasteiger partial charge in [-0.1, -0.05) is 23.8 Å². The van der Waals surface area contributed by atoms with Crippen molar-refractivity contribution in [3.05, 3.63) is 71.0 Å². The van der Waals surface area contributed by atoms with E-state index in [1.165, 1.54) is 17.7 Å². The van der Waals surface area contributed by atoms with Crippen molar-refractivity contribution < 1.29 is 13.9 Å². The first-order valence-corrected chi connectivity index (χ1v) is 11.1. The van der Waals surface area contributed by atoms with E-state index in [1.54, 1.807) is 17.0 Å². The van der Waals surface area contributed by atoms with E-state index < -0.39 is 0 Å². The largest absolute Gasteiger partial charge is 0.450 e. The maximum Gasteiger partial charge on any atom is 0.409 e. The van der Waals surface area contributed by atoms with Gasteiger partial charge in [-0.2, -0.15) is 0 Å². The Hall–Kier alpha value is -3.19. The summed E-state index contributed by atoms with van der Waals surface area (Å²) in [5.74, 6) is 0.712. The van der Waals surface area contributed by atoms with Crippen molar-refractivity contribution in [1.29, 1.82) is 0 Å². The highest BCUT2D eigenvalue weighted by molar-refractivity contribution is 5.82. The standard InChI is InChI=1S/C25H29FN4O2/c1-3-32-25(31)30-12-10-29(11-13-30)24-21(15-20-14-18(2)4-9-23(20)28-24)17-27-16-19-5-7-22(26)8-6-19/h4-9,14-15,27H,3,10-13,16-17H2,1-2H3. The molecule has 3 aromatic rings. The molecule has 0 aliphatic carbocycles. The first-order chi connectivity index (χ1) is 15.5. The number of rotatable bonds is 6. The predicted molar refractivity (Wildman–Crippen MR) is 124 cm³/mol. The monoisotopic (exact) mass is 436 g/mol. The molecular formula is C25H29FN4O2. The number of nitrogens with zero attached hydrogens (tertiary/aromatic N) is 3. The topological polar surface area (TPSA) is 57.7 Å². The van der Waals surface area contributed by atoms with Crippen LogP contribution in [0, 0.1) is 12.7 Å². The Morgan fingerprint density at radius 3 is 2.53 bits per heavy atom. The molecule has 2 aromatic carbocycles. The number of carbonyl (C=O) groups excluding carboxylic acids is 1. The van der Waals surface area contributed by atoms with Crippen LogP contribution in [-0.4, -0.2) is 48.8 Å². The van der Waals surface area contributed by atoms with E-state index in [-0.39, 0.29) is 11.9 Å². The molecule has 1 fully saturated rings. The number of pyridine rings is 1. The van der Waals surface area contributed by atoms with E-state index in [0.717, 1.165) is 27.8 Å². The van der Waals surface area contributed by atoms with Crippen molar-refractivity contribution in [2.45, 2.75) is 26.9 Å². The first-order valence-electron chi connectivity index (χ1n) is 11.1. The second-order valence-corrected chi connectivity index (χ2v) is 8.07. The number of amides is 1. The summed E-state index contributed by atoms with van der Waals surface area (Å²) in [5, 5.41) is 4.58. The molecular weight excluding hydrogens is 407 g/mol. The molecule has 1 saturated heterocycles. The van der Waals surface area contributed by atoms with E-state index >= 15 is 0 Å². The third-order valence-corrected chi connectivity index (χ3v) is 5.69. The average molecular weight is 437 g/mol. The molecule has 7 heteroatoms. The number of benzene rings is 2. The quantitative estimate of drug-likeness (QED) is 0.626. The van der Waals surface area contributed by atoms with Crippen molar-refractivity contribution in [2.75, 3.05) is 37.7 Å². The lowest BCUT2D eigenvalue weighted by Crippen LogP contribution is -2.49. The molecule has 1 aliphatic heterocycles. The van der Waals surface area contributed by atoms with E-state index in [0.29, 0.717) is 45.9 Å². The molecule has 0 spiro atoms. The zero-order valence-corrected chi connectivity index (χ0v) is 18.6. The van der Waals surface area contributed by atoms with Crippen LogP contribution in [0.5, 0.6) is 0 Å². The summed E-state index contributed by atoms with van der Waals surface area (Å²) in [6.07, 6.45) is -0.254. The zero-order valence-electron chi connectivity index (χ0n) is 18.6. The van der Waals surface area contributed by atoms with Gasteiger partial charge >= 0.3 is 6.09 Å². The third-order valence-electron chi connectivity index (χ3n) is 5.69. The van der Waals surface area contributed by atoms with Crippen LogP contribution >= 0.6 is 0 Å². The Morgan fingerprint density at radius 2 is 1.81 bits per heavy atom. The van der Waals surface area contributed by atoms with Crippen LogP contribution in [-0.2, 0) is 17.8 Å². The normalized spacial score (nSPS) is 14.1. The van der Waals surface area contributed by atoms with Gasteiger partial charge in [0.25, 0.3) is 0 Å². The highest BCUT2D eigenvalue weighted by Crippen LogP contribution is 2.26. The predicted octanol–water partition coefficient (Wildman–Crippen LogP) is 4.25. The van der Waals surface area contributed by atoms with Crippen LogP contribution < -0.4 is 10.2 Å². The van der Waals surface area contributed by atoms with Gasteiger partial charge in [0.1, 0.15) is 11.6 Å². The fraction of sp³-hybridized carbons (Fsp3) is 0.360. The van der Waals surface area contributed by atoms with E-state index in [9.17, 15) is 9.18 Å². The van der Waals surface area contributed by atoms with E-state index in [4.69, 9.17) is 9.72 Å². The Balaban J connectivity index is 1.53. The minimum absolute atomic E-state index is 0.230. The smallest absolute Gasteiger partial charge is 0.409 e. The summed E-state index contributed by atoms with van der Waals surface area (Å²) >= 11 is 0. The number of fused-ring (bicyclic) bond motifs is 1. The summed E-state index contributed by atoms with van der Waals surface area (Å²) in [5.41, 5.74) is 4.29. The van der Waals surface area contributed by atoms with Crippen LogP contribution in [0.2, 0.25) is 0 Å². The SMILES string of the molecule is CCOC(=O)N1CCN(c2nc3ccc(C)cc3cc2CNCc2ccc(F)cc2)CC1. The molecule has 0 bridgehead atoms. The molecule has 0 radical (unpaired) electrons. The lowest BCUT2D eigenvalue weighted by Gasteiger charge is -2.35. The fourth-order valence-corrected chi connectivity index (χ4v) is 3.99. The third kappa shape index (κ3) is 5.16. The second-order valence-electron chi connectivity index (χ2n) is 8.07. The first kappa shape index (κ1) is 22.0. The number of ether oxygens (including phenoxy) is 1. The Labute approximate surface area is 188 Å². The van der Waals surface area contributed by atoms with Gasteiger partial charge in [-0.05, 0) is 49.7 Å². The van der Waals surface area contributed by atoms with Crippen LogP contribution in [0.15, 0.2) is 48.5 Å². The summed E-state index contributed by atoms with van der Waals surface area (Å²) in [6, 6.07) is 15.0. The van der Waals surface area contributed by atoms with Gasteiger partial charge in [0.15, 0.2) is 0 Å². The number of nitrogens with one attached hydrogen (secondary N) is 1. The molecule has 0 saturated carbocycles. The van der Waals surface area contributed by atoms with Gasteiger partial charge in [0.2, 0.25) is 0 Å². The maximum absolute atomic E-state index is 13.2. The van der Waals surface area contributed by atoms with Crippen molar-refractivity contribution >= 4 is 22.8 Å². The molecule has 32 heavy (non-hydrogen) atoms. The highest BCUT2D eigenvalue weighted by Gasteiger charge is 2.24. The van der Waals surface area contributed by atoms with Crippen molar-refractivity contribution in [3.63, 3.8) is 0 Å². The molecule has 6 nitrogen and oxygen atoms in total. The van der Waals surface area contributed by atoms with Gasteiger partial charge in [-0.25, -0.2) is 14.2 Å². The lowest BCUT2D eigenvalue weighted by atomic mass is 10.1. The number of halogens is 1.